The van der Waals surface area contributed by atoms with E-state index in [1.165, 1.54) is 64.5 Å². The summed E-state index contributed by atoms with van der Waals surface area (Å²) in [6.07, 6.45) is 18.8. The number of ether oxygens (including phenoxy) is 1. The zero-order chi connectivity index (χ0) is 24.8. The van der Waals surface area contributed by atoms with E-state index in [2.05, 4.69) is 55.4 Å². The molecule has 0 radical (unpaired) electrons. The van der Waals surface area contributed by atoms with Crippen LogP contribution >= 0.6 is 0 Å². The van der Waals surface area contributed by atoms with Crippen molar-refractivity contribution in [3.63, 3.8) is 0 Å². The number of piperidine rings is 1. The quantitative estimate of drug-likeness (QED) is 0.496. The number of fused-ring (bicyclic) bond motifs is 1. The summed E-state index contributed by atoms with van der Waals surface area (Å²) in [6, 6.07) is 3.68. The van der Waals surface area contributed by atoms with Crippen LogP contribution < -0.4 is 10.6 Å². The Morgan fingerprint density at radius 2 is 1.73 bits per heavy atom. The van der Waals surface area contributed by atoms with Gasteiger partial charge in [-0.05, 0) is 88.8 Å². The molecular weight excluding hydrogens is 464 g/mol. The Labute approximate surface area is 219 Å². The number of aryl methyl sites for hydroxylation is 1. The molecule has 9 nitrogen and oxygen atoms in total. The zero-order valence-electron chi connectivity index (χ0n) is 22.0. The van der Waals surface area contributed by atoms with Crippen molar-refractivity contribution in [2.75, 3.05) is 36.9 Å². The number of nitrogens with one attached hydrogen (secondary N) is 2. The predicted molar refractivity (Wildman–Crippen MR) is 145 cm³/mol. The van der Waals surface area contributed by atoms with Crippen LogP contribution in [-0.4, -0.2) is 67.6 Å². The lowest BCUT2D eigenvalue weighted by molar-refractivity contribution is 0.0662. The molecule has 1 spiro atoms. The van der Waals surface area contributed by atoms with Gasteiger partial charge in [0.2, 0.25) is 5.95 Å². The summed E-state index contributed by atoms with van der Waals surface area (Å²) in [5.74, 6) is 1.54. The first kappa shape index (κ1) is 23.5. The van der Waals surface area contributed by atoms with Crippen molar-refractivity contribution in [1.82, 2.24) is 29.2 Å². The first-order chi connectivity index (χ1) is 18.1. The fourth-order valence-electron chi connectivity index (χ4n) is 6.85. The fraction of sp³-hybridized carbons (Fsp3) is 0.679. The number of nitrogens with zero attached hydrogens (tertiary/aromatic N) is 6. The maximum Gasteiger partial charge on any atom is 0.229 e. The summed E-state index contributed by atoms with van der Waals surface area (Å²) in [4.78, 5) is 12.6. The molecule has 4 fully saturated rings. The van der Waals surface area contributed by atoms with Crippen molar-refractivity contribution < 1.29 is 4.74 Å². The van der Waals surface area contributed by atoms with Gasteiger partial charge >= 0.3 is 0 Å². The lowest BCUT2D eigenvalue weighted by Gasteiger charge is -2.41. The Kier molecular flexibility index (Phi) is 6.08. The van der Waals surface area contributed by atoms with Crippen molar-refractivity contribution >= 4 is 28.5 Å². The zero-order valence-corrected chi connectivity index (χ0v) is 22.0. The highest BCUT2D eigenvalue weighted by Gasteiger charge is 2.45. The molecule has 2 N–H and O–H groups in total. The molecule has 2 saturated heterocycles. The molecule has 0 bridgehead atoms. The first-order valence-corrected chi connectivity index (χ1v) is 14.4. The first-order valence-electron chi connectivity index (χ1n) is 14.4. The van der Waals surface area contributed by atoms with Crippen molar-refractivity contribution in [3.8, 4) is 0 Å². The van der Waals surface area contributed by atoms with Gasteiger partial charge in [0.25, 0.3) is 0 Å². The molecule has 5 heterocycles. The van der Waals surface area contributed by atoms with E-state index in [0.717, 1.165) is 60.1 Å². The standard InChI is InChI=1S/C28H40N8O/c1-34-13-6-24-25(34)26(30-20-2-4-22(5-3-20)35-14-11-28(9-10-28)12-15-35)33-27(32-24)31-21-18-29-36(19-21)23-7-16-37-17-8-23/h6,13,18-20,22-23H,2-5,7-12,14-17H2,1H3,(H2,30,31,32,33)/t20-,22-. The minimum absolute atomic E-state index is 0.397. The molecular formula is C28H40N8O. The third kappa shape index (κ3) is 4.83. The topological polar surface area (TPSA) is 85.1 Å². The molecule has 7 rings (SSSR count). The second-order valence-electron chi connectivity index (χ2n) is 11.9. The van der Waals surface area contributed by atoms with E-state index in [0.29, 0.717) is 18.0 Å². The van der Waals surface area contributed by atoms with Crippen LogP contribution in [0.2, 0.25) is 0 Å². The second kappa shape index (κ2) is 9.58. The molecule has 2 aliphatic heterocycles. The SMILES string of the molecule is Cn1ccc2nc(Nc3cnn(C4CCOCC4)c3)nc(N[C@H]3CC[C@H](N4CCC5(CC4)CC5)CC3)c21. The Bertz CT molecular complexity index is 1220. The summed E-state index contributed by atoms with van der Waals surface area (Å²) in [7, 11) is 2.07. The van der Waals surface area contributed by atoms with E-state index in [9.17, 15) is 0 Å². The summed E-state index contributed by atoms with van der Waals surface area (Å²) in [6.45, 7) is 4.24. The van der Waals surface area contributed by atoms with E-state index in [1.807, 2.05) is 6.20 Å². The van der Waals surface area contributed by atoms with Gasteiger partial charge in [0.15, 0.2) is 5.82 Å². The van der Waals surface area contributed by atoms with Gasteiger partial charge in [0.1, 0.15) is 5.52 Å². The molecule has 0 amide bonds. The van der Waals surface area contributed by atoms with Crippen molar-refractivity contribution in [3.05, 3.63) is 24.7 Å². The largest absolute Gasteiger partial charge is 0.381 e. The minimum Gasteiger partial charge on any atom is -0.381 e. The van der Waals surface area contributed by atoms with Crippen molar-refractivity contribution in [2.45, 2.75) is 82.3 Å². The van der Waals surface area contributed by atoms with Gasteiger partial charge in [0.05, 0.1) is 23.4 Å². The Hall–Kier alpha value is -2.65. The van der Waals surface area contributed by atoms with E-state index < -0.39 is 0 Å². The predicted octanol–water partition coefficient (Wildman–Crippen LogP) is 4.86. The fourth-order valence-corrected chi connectivity index (χ4v) is 6.85. The van der Waals surface area contributed by atoms with Crippen LogP contribution in [0.5, 0.6) is 0 Å². The van der Waals surface area contributed by atoms with Gasteiger partial charge in [-0.25, -0.2) is 4.98 Å². The average molecular weight is 505 g/mol. The smallest absolute Gasteiger partial charge is 0.229 e. The Morgan fingerprint density at radius 3 is 2.49 bits per heavy atom. The monoisotopic (exact) mass is 504 g/mol. The number of anilines is 3. The summed E-state index contributed by atoms with van der Waals surface area (Å²) in [5.41, 5.74) is 3.70. The third-order valence-corrected chi connectivity index (χ3v) is 9.51. The summed E-state index contributed by atoms with van der Waals surface area (Å²) >= 11 is 0. The number of hydrogen-bond acceptors (Lipinski definition) is 7. The van der Waals surface area contributed by atoms with E-state index in [1.54, 1.807) is 0 Å². The maximum atomic E-state index is 5.50. The highest BCUT2D eigenvalue weighted by atomic mass is 16.5. The van der Waals surface area contributed by atoms with Gasteiger partial charge in [0, 0.05) is 44.7 Å². The highest BCUT2D eigenvalue weighted by molar-refractivity contribution is 5.88. The van der Waals surface area contributed by atoms with Crippen molar-refractivity contribution in [1.29, 1.82) is 0 Å². The number of rotatable bonds is 6. The minimum atomic E-state index is 0.397. The third-order valence-electron chi connectivity index (χ3n) is 9.51. The molecule has 3 aromatic rings. The number of aromatic nitrogens is 5. The van der Waals surface area contributed by atoms with Crippen molar-refractivity contribution in [2.24, 2.45) is 12.5 Å². The van der Waals surface area contributed by atoms with Gasteiger partial charge in [-0.3, -0.25) is 4.68 Å². The number of likely N-dealkylation sites (tertiary alicyclic amines) is 1. The maximum absolute atomic E-state index is 5.50. The highest BCUT2D eigenvalue weighted by Crippen LogP contribution is 2.54. The molecule has 37 heavy (non-hydrogen) atoms. The van der Waals surface area contributed by atoms with Crippen LogP contribution in [0.25, 0.3) is 11.0 Å². The lowest BCUT2D eigenvalue weighted by Crippen LogP contribution is -2.45. The molecule has 9 heteroatoms. The Balaban J connectivity index is 1.02. The second-order valence-corrected chi connectivity index (χ2v) is 11.9. The van der Waals surface area contributed by atoms with E-state index in [-0.39, 0.29) is 0 Å². The molecule has 0 aromatic carbocycles. The van der Waals surface area contributed by atoms with Gasteiger partial charge < -0.3 is 24.8 Å². The molecule has 198 valence electrons. The molecule has 4 aliphatic rings. The van der Waals surface area contributed by atoms with Gasteiger partial charge in [-0.2, -0.15) is 10.1 Å². The molecule has 0 unspecified atom stereocenters. The molecule has 0 atom stereocenters. The van der Waals surface area contributed by atoms with Crippen LogP contribution in [-0.2, 0) is 11.8 Å². The van der Waals surface area contributed by atoms with Crippen LogP contribution in [0.3, 0.4) is 0 Å². The van der Waals surface area contributed by atoms with E-state index >= 15 is 0 Å². The average Bonchev–Trinajstić information content (AvgIpc) is 3.33. The molecule has 2 aliphatic carbocycles. The number of hydrogen-bond donors (Lipinski definition) is 2. The van der Waals surface area contributed by atoms with Gasteiger partial charge in [-0.15, -0.1) is 0 Å². The molecule has 3 aromatic heterocycles. The summed E-state index contributed by atoms with van der Waals surface area (Å²) in [5, 5.41) is 11.8. The Morgan fingerprint density at radius 1 is 0.946 bits per heavy atom. The lowest BCUT2D eigenvalue weighted by atomic mass is 9.87. The van der Waals surface area contributed by atoms with Crippen LogP contribution in [0.4, 0.5) is 17.5 Å². The van der Waals surface area contributed by atoms with Gasteiger partial charge in [-0.1, -0.05) is 0 Å². The van der Waals surface area contributed by atoms with E-state index in [4.69, 9.17) is 14.7 Å². The van der Waals surface area contributed by atoms with Crippen LogP contribution in [0.1, 0.15) is 70.3 Å². The van der Waals surface area contributed by atoms with Crippen LogP contribution in [0.15, 0.2) is 24.7 Å². The summed E-state index contributed by atoms with van der Waals surface area (Å²) < 4.78 is 9.67. The van der Waals surface area contributed by atoms with Crippen LogP contribution in [0, 0.1) is 5.41 Å². The normalized spacial score (nSPS) is 26.5. The molecule has 2 saturated carbocycles.